The second-order valence-electron chi connectivity index (χ2n) is 8.31. The highest BCUT2D eigenvalue weighted by Gasteiger charge is 2.43. The molecule has 5 nitrogen and oxygen atoms in total. The Balaban J connectivity index is 1.37. The third kappa shape index (κ3) is 3.24. The second-order valence-corrected chi connectivity index (χ2v) is 8.31. The van der Waals surface area contributed by atoms with Crippen LogP contribution in [0.3, 0.4) is 0 Å². The van der Waals surface area contributed by atoms with E-state index in [0.717, 1.165) is 43.1 Å². The molecule has 5 heteroatoms. The summed E-state index contributed by atoms with van der Waals surface area (Å²) < 4.78 is 2.06. The fourth-order valence-electron chi connectivity index (χ4n) is 4.91. The smallest absolute Gasteiger partial charge is 0.159 e. The van der Waals surface area contributed by atoms with Gasteiger partial charge in [-0.25, -0.2) is 9.97 Å². The minimum absolute atomic E-state index is 0.195. The lowest BCUT2D eigenvalue weighted by Gasteiger charge is -2.40. The van der Waals surface area contributed by atoms with Crippen LogP contribution in [-0.2, 0) is 18.4 Å². The van der Waals surface area contributed by atoms with Gasteiger partial charge in [-0.15, -0.1) is 0 Å². The summed E-state index contributed by atoms with van der Waals surface area (Å²) in [6.07, 6.45) is 8.94. The standard InChI is InChI=1S/C23H27N5/c1-18-9-13-28(26-18)15-14-27-12-5-10-23(17-27)11-8-20-16-24-22(25-21(20)23)19-6-3-2-4-7-19/h2-4,6-7,9,13,16H,5,8,10-12,14-15,17H2,1H3. The van der Waals surface area contributed by atoms with Gasteiger partial charge in [-0.2, -0.15) is 5.10 Å². The fourth-order valence-corrected chi connectivity index (χ4v) is 4.91. The van der Waals surface area contributed by atoms with E-state index >= 15 is 0 Å². The van der Waals surface area contributed by atoms with Gasteiger partial charge in [0.15, 0.2) is 5.82 Å². The molecule has 1 aliphatic carbocycles. The molecule has 28 heavy (non-hydrogen) atoms. The van der Waals surface area contributed by atoms with E-state index in [1.807, 2.05) is 13.0 Å². The highest BCUT2D eigenvalue weighted by molar-refractivity contribution is 5.55. The third-order valence-electron chi connectivity index (χ3n) is 6.35. The maximum absolute atomic E-state index is 5.10. The van der Waals surface area contributed by atoms with Gasteiger partial charge >= 0.3 is 0 Å². The van der Waals surface area contributed by atoms with Crippen LogP contribution < -0.4 is 0 Å². The van der Waals surface area contributed by atoms with E-state index in [-0.39, 0.29) is 5.41 Å². The summed E-state index contributed by atoms with van der Waals surface area (Å²) in [6.45, 7) is 6.33. The van der Waals surface area contributed by atoms with E-state index in [1.54, 1.807) is 0 Å². The monoisotopic (exact) mass is 373 g/mol. The molecule has 1 unspecified atom stereocenters. The number of nitrogens with zero attached hydrogens (tertiary/aromatic N) is 5. The summed E-state index contributed by atoms with van der Waals surface area (Å²) >= 11 is 0. The Morgan fingerprint density at radius 1 is 1.07 bits per heavy atom. The number of piperidine rings is 1. The topological polar surface area (TPSA) is 46.8 Å². The van der Waals surface area contributed by atoms with Gasteiger partial charge in [0.2, 0.25) is 0 Å². The summed E-state index contributed by atoms with van der Waals surface area (Å²) in [7, 11) is 0. The molecule has 5 rings (SSSR count). The largest absolute Gasteiger partial charge is 0.301 e. The predicted molar refractivity (Wildman–Crippen MR) is 110 cm³/mol. The minimum Gasteiger partial charge on any atom is -0.301 e. The van der Waals surface area contributed by atoms with Crippen molar-refractivity contribution in [3.05, 3.63) is 65.7 Å². The summed E-state index contributed by atoms with van der Waals surface area (Å²) in [6, 6.07) is 12.4. The molecule has 0 radical (unpaired) electrons. The van der Waals surface area contributed by atoms with Crippen molar-refractivity contribution in [3.63, 3.8) is 0 Å². The van der Waals surface area contributed by atoms with Crippen LogP contribution in [0.2, 0.25) is 0 Å². The van der Waals surface area contributed by atoms with Crippen molar-refractivity contribution in [2.45, 2.75) is 44.6 Å². The average Bonchev–Trinajstić information content (AvgIpc) is 3.31. The first-order valence-corrected chi connectivity index (χ1v) is 10.4. The van der Waals surface area contributed by atoms with E-state index in [9.17, 15) is 0 Å². The molecular weight excluding hydrogens is 346 g/mol. The molecule has 3 aromatic rings. The summed E-state index contributed by atoms with van der Waals surface area (Å²) in [5, 5.41) is 4.53. The van der Waals surface area contributed by atoms with Gasteiger partial charge in [-0.05, 0) is 50.8 Å². The van der Waals surface area contributed by atoms with Crippen LogP contribution in [0.4, 0.5) is 0 Å². The molecule has 0 amide bonds. The van der Waals surface area contributed by atoms with E-state index < -0.39 is 0 Å². The lowest BCUT2D eigenvalue weighted by atomic mass is 9.77. The highest BCUT2D eigenvalue weighted by Crippen LogP contribution is 2.44. The summed E-state index contributed by atoms with van der Waals surface area (Å²) in [5.41, 5.74) is 5.05. The zero-order valence-corrected chi connectivity index (χ0v) is 16.5. The molecule has 1 spiro atoms. The second kappa shape index (κ2) is 7.13. The number of hydrogen-bond donors (Lipinski definition) is 0. The SMILES string of the molecule is Cc1ccn(CCN2CCCC3(CCc4cnc(-c5ccccc5)nc43)C2)n1. The molecule has 0 bridgehead atoms. The molecular formula is C23H27N5. The van der Waals surface area contributed by atoms with Crippen molar-refractivity contribution in [3.8, 4) is 11.4 Å². The minimum atomic E-state index is 0.195. The Morgan fingerprint density at radius 2 is 1.96 bits per heavy atom. The van der Waals surface area contributed by atoms with Crippen LogP contribution in [-0.4, -0.2) is 44.3 Å². The van der Waals surface area contributed by atoms with Gasteiger partial charge < -0.3 is 4.90 Å². The molecule has 1 aliphatic heterocycles. The maximum Gasteiger partial charge on any atom is 0.159 e. The number of hydrogen-bond acceptors (Lipinski definition) is 4. The van der Waals surface area contributed by atoms with Crippen molar-refractivity contribution >= 4 is 0 Å². The summed E-state index contributed by atoms with van der Waals surface area (Å²) in [4.78, 5) is 12.4. The lowest BCUT2D eigenvalue weighted by Crippen LogP contribution is -2.46. The number of likely N-dealkylation sites (tertiary alicyclic amines) is 1. The molecule has 0 saturated carbocycles. The van der Waals surface area contributed by atoms with E-state index in [4.69, 9.17) is 4.98 Å². The van der Waals surface area contributed by atoms with E-state index in [0.29, 0.717) is 0 Å². The Bertz CT molecular complexity index is 960. The number of aryl methyl sites for hydroxylation is 2. The normalized spacial score (nSPS) is 21.9. The van der Waals surface area contributed by atoms with Crippen LogP contribution >= 0.6 is 0 Å². The van der Waals surface area contributed by atoms with Crippen LogP contribution in [0.5, 0.6) is 0 Å². The average molecular weight is 374 g/mol. The predicted octanol–water partition coefficient (Wildman–Crippen LogP) is 3.63. The molecule has 3 heterocycles. The zero-order valence-electron chi connectivity index (χ0n) is 16.5. The Labute approximate surface area is 166 Å². The first-order chi connectivity index (χ1) is 13.7. The Hall–Kier alpha value is -2.53. The number of benzene rings is 1. The van der Waals surface area contributed by atoms with Crippen molar-refractivity contribution in [2.75, 3.05) is 19.6 Å². The molecule has 2 aliphatic rings. The molecule has 144 valence electrons. The van der Waals surface area contributed by atoms with Gasteiger partial charge in [0.1, 0.15) is 0 Å². The highest BCUT2D eigenvalue weighted by atomic mass is 15.3. The zero-order chi connectivity index (χ0) is 19.0. The van der Waals surface area contributed by atoms with E-state index in [1.165, 1.54) is 37.1 Å². The third-order valence-corrected chi connectivity index (χ3v) is 6.35. The number of aromatic nitrogens is 4. The fraction of sp³-hybridized carbons (Fsp3) is 0.435. The molecule has 1 aromatic carbocycles. The quantitative estimate of drug-likeness (QED) is 0.701. The van der Waals surface area contributed by atoms with Gasteiger partial charge in [-0.1, -0.05) is 30.3 Å². The molecule has 1 atom stereocenters. The molecule has 2 aromatic heterocycles. The Kier molecular flexibility index (Phi) is 4.47. The van der Waals surface area contributed by atoms with Crippen LogP contribution in [0, 0.1) is 6.92 Å². The first-order valence-electron chi connectivity index (χ1n) is 10.4. The van der Waals surface area contributed by atoms with Crippen molar-refractivity contribution in [1.82, 2.24) is 24.6 Å². The van der Waals surface area contributed by atoms with Crippen molar-refractivity contribution in [1.29, 1.82) is 0 Å². The number of fused-ring (bicyclic) bond motifs is 2. The van der Waals surface area contributed by atoms with Gasteiger partial charge in [0.25, 0.3) is 0 Å². The van der Waals surface area contributed by atoms with Crippen LogP contribution in [0.15, 0.2) is 48.8 Å². The maximum atomic E-state index is 5.10. The molecule has 1 fully saturated rings. The number of rotatable bonds is 4. The molecule has 0 N–H and O–H groups in total. The van der Waals surface area contributed by atoms with Crippen LogP contribution in [0.1, 0.15) is 36.2 Å². The summed E-state index contributed by atoms with van der Waals surface area (Å²) in [5.74, 6) is 0.866. The first kappa shape index (κ1) is 17.6. The van der Waals surface area contributed by atoms with Gasteiger partial charge in [-0.3, -0.25) is 4.68 Å². The molecule has 1 saturated heterocycles. The van der Waals surface area contributed by atoms with Gasteiger partial charge in [0.05, 0.1) is 17.9 Å². The lowest BCUT2D eigenvalue weighted by molar-refractivity contribution is 0.137. The van der Waals surface area contributed by atoms with E-state index in [2.05, 4.69) is 62.4 Å². The van der Waals surface area contributed by atoms with Crippen LogP contribution in [0.25, 0.3) is 11.4 Å². The Morgan fingerprint density at radius 3 is 2.79 bits per heavy atom. The van der Waals surface area contributed by atoms with Gasteiger partial charge in [0, 0.05) is 36.5 Å². The van der Waals surface area contributed by atoms with Crippen molar-refractivity contribution < 1.29 is 0 Å². The van der Waals surface area contributed by atoms with Crippen molar-refractivity contribution in [2.24, 2.45) is 0 Å².